The van der Waals surface area contributed by atoms with E-state index in [1.165, 1.54) is 9.36 Å². The highest BCUT2D eigenvalue weighted by Crippen LogP contribution is 2.40. The number of benzene rings is 2. The molecule has 4 rings (SSSR count). The van der Waals surface area contributed by atoms with Crippen molar-refractivity contribution in [3.8, 4) is 22.6 Å². The quantitative estimate of drug-likeness (QED) is 0.381. The summed E-state index contributed by atoms with van der Waals surface area (Å²) in [7, 11) is 0. The number of halogens is 8. The average Bonchev–Trinajstić information content (AvgIpc) is 2.96. The lowest BCUT2D eigenvalue weighted by atomic mass is 10.1. The van der Waals surface area contributed by atoms with Crippen molar-refractivity contribution in [2.75, 3.05) is 0 Å². The van der Waals surface area contributed by atoms with Crippen molar-refractivity contribution in [3.63, 3.8) is 0 Å². The van der Waals surface area contributed by atoms with Crippen molar-refractivity contribution in [2.45, 2.75) is 32.1 Å². The molecule has 0 fully saturated rings. The number of nitrogens with zero attached hydrogens (tertiary/aromatic N) is 2. The molecule has 1 aliphatic rings. The SMILES string of the molecule is O=c1c(-c2cc(Oc3c(F)cc(C(F)(F)F)cc3Cl)c(F)cc2F)c(Cl)n2n1CCCC2. The second-order valence-electron chi connectivity index (χ2n) is 7.06. The van der Waals surface area contributed by atoms with E-state index in [4.69, 9.17) is 27.9 Å². The van der Waals surface area contributed by atoms with Gasteiger partial charge in [-0.05, 0) is 31.0 Å². The third kappa shape index (κ3) is 3.86. The van der Waals surface area contributed by atoms with Gasteiger partial charge in [0.15, 0.2) is 23.1 Å². The highest BCUT2D eigenvalue weighted by molar-refractivity contribution is 6.32. The molecular formula is C20H12Cl2F6N2O2. The molecule has 0 saturated heterocycles. The Morgan fingerprint density at radius 2 is 1.53 bits per heavy atom. The molecule has 0 aliphatic carbocycles. The van der Waals surface area contributed by atoms with Gasteiger partial charge in [0.05, 0.1) is 16.1 Å². The van der Waals surface area contributed by atoms with Crippen LogP contribution in [-0.4, -0.2) is 9.36 Å². The largest absolute Gasteiger partial charge is 0.450 e. The van der Waals surface area contributed by atoms with Crippen molar-refractivity contribution < 1.29 is 31.1 Å². The zero-order chi connectivity index (χ0) is 23.4. The van der Waals surface area contributed by atoms with Gasteiger partial charge in [0, 0.05) is 24.7 Å². The Labute approximate surface area is 186 Å². The summed E-state index contributed by atoms with van der Waals surface area (Å²) < 4.78 is 89.5. The summed E-state index contributed by atoms with van der Waals surface area (Å²) in [4.78, 5) is 12.8. The monoisotopic (exact) mass is 496 g/mol. The van der Waals surface area contributed by atoms with E-state index in [0.29, 0.717) is 31.6 Å². The molecule has 0 radical (unpaired) electrons. The Bertz CT molecular complexity index is 1260. The van der Waals surface area contributed by atoms with E-state index in [9.17, 15) is 31.1 Å². The van der Waals surface area contributed by atoms with Crippen LogP contribution in [-0.2, 0) is 19.3 Å². The van der Waals surface area contributed by atoms with Gasteiger partial charge < -0.3 is 4.74 Å². The summed E-state index contributed by atoms with van der Waals surface area (Å²) in [6, 6.07) is 1.73. The summed E-state index contributed by atoms with van der Waals surface area (Å²) in [6.45, 7) is 0.781. The summed E-state index contributed by atoms with van der Waals surface area (Å²) in [5.41, 5.74) is -2.62. The summed E-state index contributed by atoms with van der Waals surface area (Å²) >= 11 is 12.0. The first kappa shape index (κ1) is 22.6. The van der Waals surface area contributed by atoms with E-state index in [-0.39, 0.29) is 16.8 Å². The van der Waals surface area contributed by atoms with Crippen LogP contribution in [0.3, 0.4) is 0 Å². The highest BCUT2D eigenvalue weighted by atomic mass is 35.5. The van der Waals surface area contributed by atoms with Crippen LogP contribution in [0.4, 0.5) is 26.3 Å². The van der Waals surface area contributed by atoms with Gasteiger partial charge in [-0.15, -0.1) is 0 Å². The lowest BCUT2D eigenvalue weighted by Crippen LogP contribution is -2.27. The second kappa shape index (κ2) is 8.08. The molecule has 0 atom stereocenters. The third-order valence-electron chi connectivity index (χ3n) is 4.99. The van der Waals surface area contributed by atoms with Crippen LogP contribution in [0.5, 0.6) is 11.5 Å². The molecule has 12 heteroatoms. The lowest BCUT2D eigenvalue weighted by Gasteiger charge is -2.17. The number of alkyl halides is 3. The first-order valence-corrected chi connectivity index (χ1v) is 9.97. The van der Waals surface area contributed by atoms with E-state index >= 15 is 0 Å². The maximum Gasteiger partial charge on any atom is 0.416 e. The Balaban J connectivity index is 1.81. The van der Waals surface area contributed by atoms with Gasteiger partial charge in [0.2, 0.25) is 0 Å². The molecule has 0 unspecified atom stereocenters. The minimum atomic E-state index is -4.87. The Kier molecular flexibility index (Phi) is 5.70. The van der Waals surface area contributed by atoms with Gasteiger partial charge >= 0.3 is 6.18 Å². The van der Waals surface area contributed by atoms with E-state index in [1.54, 1.807) is 0 Å². The molecule has 0 N–H and O–H groups in total. The Hall–Kier alpha value is -2.59. The molecule has 32 heavy (non-hydrogen) atoms. The number of ether oxygens (including phenoxy) is 1. The molecular weight excluding hydrogens is 485 g/mol. The molecule has 4 nitrogen and oxygen atoms in total. The van der Waals surface area contributed by atoms with E-state index < -0.39 is 56.8 Å². The first-order chi connectivity index (χ1) is 15.0. The predicted octanol–water partition coefficient (Wildman–Crippen LogP) is 6.65. The minimum absolute atomic E-state index is 0.0649. The van der Waals surface area contributed by atoms with Crippen LogP contribution in [0.1, 0.15) is 18.4 Å². The number of fused-ring (bicyclic) bond motifs is 1. The van der Waals surface area contributed by atoms with Crippen molar-refractivity contribution in [1.29, 1.82) is 0 Å². The standard InChI is InChI=1S/C20H12Cl2F6N2O2/c21-11-5-9(20(26,27)28)6-14(25)17(11)32-15-7-10(12(23)8-13(15)24)16-18(22)29-3-1-2-4-30(29)19(16)31/h5-8H,1-4H2. The Morgan fingerprint density at radius 3 is 2.12 bits per heavy atom. The lowest BCUT2D eigenvalue weighted by molar-refractivity contribution is -0.137. The normalized spacial score (nSPS) is 13.9. The third-order valence-corrected chi connectivity index (χ3v) is 5.66. The van der Waals surface area contributed by atoms with Gasteiger partial charge in [0.1, 0.15) is 11.0 Å². The van der Waals surface area contributed by atoms with Crippen molar-refractivity contribution in [3.05, 3.63) is 67.8 Å². The minimum Gasteiger partial charge on any atom is -0.450 e. The first-order valence-electron chi connectivity index (χ1n) is 9.21. The van der Waals surface area contributed by atoms with Crippen LogP contribution in [0, 0.1) is 17.5 Å². The van der Waals surface area contributed by atoms with Crippen LogP contribution >= 0.6 is 23.2 Å². The van der Waals surface area contributed by atoms with Gasteiger partial charge in [-0.1, -0.05) is 23.2 Å². The molecule has 2 heterocycles. The Morgan fingerprint density at radius 1 is 0.875 bits per heavy atom. The number of hydrogen-bond donors (Lipinski definition) is 0. The second-order valence-corrected chi connectivity index (χ2v) is 7.82. The summed E-state index contributed by atoms with van der Waals surface area (Å²) in [5.74, 6) is -5.58. The van der Waals surface area contributed by atoms with E-state index in [0.717, 1.165) is 12.5 Å². The molecule has 0 saturated carbocycles. The van der Waals surface area contributed by atoms with Crippen LogP contribution in [0.25, 0.3) is 11.1 Å². The maximum absolute atomic E-state index is 14.6. The van der Waals surface area contributed by atoms with Crippen LogP contribution in [0.2, 0.25) is 10.2 Å². The topological polar surface area (TPSA) is 36.2 Å². The average molecular weight is 497 g/mol. The molecule has 3 aromatic rings. The maximum atomic E-state index is 14.6. The molecule has 2 aromatic carbocycles. The molecule has 1 aliphatic heterocycles. The zero-order valence-electron chi connectivity index (χ0n) is 15.9. The summed E-state index contributed by atoms with van der Waals surface area (Å²) in [6.07, 6.45) is -3.41. The predicted molar refractivity (Wildman–Crippen MR) is 105 cm³/mol. The molecule has 0 amide bonds. The van der Waals surface area contributed by atoms with Gasteiger partial charge in [0.25, 0.3) is 5.56 Å². The van der Waals surface area contributed by atoms with Crippen molar-refractivity contribution in [1.82, 2.24) is 9.36 Å². The van der Waals surface area contributed by atoms with Crippen molar-refractivity contribution >= 4 is 23.2 Å². The molecule has 1 aromatic heterocycles. The van der Waals surface area contributed by atoms with Crippen LogP contribution < -0.4 is 10.3 Å². The number of hydrogen-bond acceptors (Lipinski definition) is 2. The fourth-order valence-corrected chi connectivity index (χ4v) is 4.09. The smallest absolute Gasteiger partial charge is 0.416 e. The highest BCUT2D eigenvalue weighted by Gasteiger charge is 2.33. The molecule has 0 bridgehead atoms. The molecule has 0 spiro atoms. The van der Waals surface area contributed by atoms with Gasteiger partial charge in [-0.2, -0.15) is 13.2 Å². The zero-order valence-corrected chi connectivity index (χ0v) is 17.4. The number of rotatable bonds is 3. The fourth-order valence-electron chi connectivity index (χ4n) is 3.48. The van der Waals surface area contributed by atoms with Gasteiger partial charge in [-0.3, -0.25) is 9.48 Å². The van der Waals surface area contributed by atoms with E-state index in [2.05, 4.69) is 0 Å². The fraction of sp³-hybridized carbons (Fsp3) is 0.250. The summed E-state index contributed by atoms with van der Waals surface area (Å²) in [5, 5.41) is -0.843. The van der Waals surface area contributed by atoms with Crippen molar-refractivity contribution in [2.24, 2.45) is 0 Å². The van der Waals surface area contributed by atoms with E-state index in [1.807, 2.05) is 0 Å². The molecule has 170 valence electrons. The van der Waals surface area contributed by atoms with Gasteiger partial charge in [-0.25, -0.2) is 17.9 Å². The van der Waals surface area contributed by atoms with Crippen LogP contribution in [0.15, 0.2) is 29.1 Å². The number of aromatic nitrogens is 2.